The fraction of sp³-hybridized carbons (Fsp3) is 0.882. The van der Waals surface area contributed by atoms with Crippen molar-refractivity contribution in [2.45, 2.75) is 44.9 Å². The standard InChI is InChI=1S/C17H34N4O2/c1-21(2)16(22)14-20-17(19-12-13-23-3)18-11-7-10-15-8-5-4-6-9-15/h15H,4-14H2,1-3H3,(H2,18,19,20). The number of hydrogen-bond acceptors (Lipinski definition) is 3. The number of rotatable bonds is 9. The van der Waals surface area contributed by atoms with E-state index in [0.29, 0.717) is 19.1 Å². The summed E-state index contributed by atoms with van der Waals surface area (Å²) in [6.07, 6.45) is 9.43. The summed E-state index contributed by atoms with van der Waals surface area (Å²) in [4.78, 5) is 17.6. The Bertz CT molecular complexity index is 353. The number of carbonyl (C=O) groups excluding carboxylic acids is 1. The third kappa shape index (κ3) is 9.43. The van der Waals surface area contributed by atoms with Crippen LogP contribution in [0.2, 0.25) is 0 Å². The smallest absolute Gasteiger partial charge is 0.243 e. The fourth-order valence-electron chi connectivity index (χ4n) is 2.81. The molecule has 1 aliphatic rings. The maximum Gasteiger partial charge on any atom is 0.243 e. The van der Waals surface area contributed by atoms with Gasteiger partial charge in [-0.15, -0.1) is 0 Å². The van der Waals surface area contributed by atoms with E-state index in [1.807, 2.05) is 0 Å². The molecule has 1 saturated carbocycles. The number of amides is 1. The van der Waals surface area contributed by atoms with Crippen molar-refractivity contribution in [2.75, 3.05) is 47.4 Å². The van der Waals surface area contributed by atoms with Gasteiger partial charge < -0.3 is 20.3 Å². The van der Waals surface area contributed by atoms with Crippen molar-refractivity contribution in [3.8, 4) is 0 Å². The average Bonchev–Trinajstić information content (AvgIpc) is 2.56. The maximum absolute atomic E-state index is 11.7. The largest absolute Gasteiger partial charge is 0.383 e. The number of methoxy groups -OCH3 is 1. The Morgan fingerprint density at radius 3 is 2.52 bits per heavy atom. The van der Waals surface area contributed by atoms with Crippen LogP contribution in [0.5, 0.6) is 0 Å². The quantitative estimate of drug-likeness (QED) is 0.384. The molecule has 0 aromatic carbocycles. The second-order valence-electron chi connectivity index (χ2n) is 6.45. The number of ether oxygens (including phenoxy) is 1. The van der Waals surface area contributed by atoms with E-state index >= 15 is 0 Å². The number of nitrogens with zero attached hydrogens (tertiary/aromatic N) is 2. The van der Waals surface area contributed by atoms with Crippen LogP contribution >= 0.6 is 0 Å². The molecule has 0 aromatic rings. The molecule has 6 nitrogen and oxygen atoms in total. The number of likely N-dealkylation sites (N-methyl/N-ethyl adjacent to an activating group) is 1. The van der Waals surface area contributed by atoms with E-state index in [-0.39, 0.29) is 12.5 Å². The average molecular weight is 326 g/mol. The first-order valence-electron chi connectivity index (χ1n) is 8.84. The molecule has 1 aliphatic carbocycles. The van der Waals surface area contributed by atoms with Crippen molar-refractivity contribution in [1.29, 1.82) is 0 Å². The van der Waals surface area contributed by atoms with Gasteiger partial charge in [-0.2, -0.15) is 0 Å². The summed E-state index contributed by atoms with van der Waals surface area (Å²) in [5, 5.41) is 6.52. The molecule has 0 radical (unpaired) electrons. The predicted molar refractivity (Wildman–Crippen MR) is 94.7 cm³/mol. The number of carbonyl (C=O) groups is 1. The first-order chi connectivity index (χ1) is 11.1. The van der Waals surface area contributed by atoms with Crippen LogP contribution in [0, 0.1) is 5.92 Å². The van der Waals surface area contributed by atoms with Crippen molar-refractivity contribution in [3.63, 3.8) is 0 Å². The molecule has 6 heteroatoms. The van der Waals surface area contributed by atoms with Gasteiger partial charge in [0.05, 0.1) is 6.61 Å². The molecule has 2 N–H and O–H groups in total. The maximum atomic E-state index is 11.7. The van der Waals surface area contributed by atoms with E-state index in [9.17, 15) is 4.79 Å². The Balaban J connectivity index is 2.29. The van der Waals surface area contributed by atoms with Crippen molar-refractivity contribution in [2.24, 2.45) is 10.9 Å². The highest BCUT2D eigenvalue weighted by molar-refractivity contribution is 5.84. The second-order valence-corrected chi connectivity index (χ2v) is 6.45. The van der Waals surface area contributed by atoms with Gasteiger partial charge in [-0.05, 0) is 18.8 Å². The summed E-state index contributed by atoms with van der Waals surface area (Å²) in [6, 6.07) is 0. The molecule has 0 saturated heterocycles. The monoisotopic (exact) mass is 326 g/mol. The highest BCUT2D eigenvalue weighted by Gasteiger charge is 2.12. The SMILES string of the molecule is COCCNC(=NCC(=O)N(C)C)NCCCC1CCCCC1. The van der Waals surface area contributed by atoms with E-state index in [4.69, 9.17) is 4.74 Å². The van der Waals surface area contributed by atoms with Crippen molar-refractivity contribution in [1.82, 2.24) is 15.5 Å². The van der Waals surface area contributed by atoms with Gasteiger partial charge in [0.1, 0.15) is 6.54 Å². The summed E-state index contributed by atoms with van der Waals surface area (Å²) in [5.74, 6) is 1.60. The van der Waals surface area contributed by atoms with Gasteiger partial charge in [0, 0.05) is 34.3 Å². The van der Waals surface area contributed by atoms with Crippen LogP contribution < -0.4 is 10.6 Å². The van der Waals surface area contributed by atoms with Crippen molar-refractivity contribution in [3.05, 3.63) is 0 Å². The molecule has 23 heavy (non-hydrogen) atoms. The van der Waals surface area contributed by atoms with E-state index in [2.05, 4.69) is 15.6 Å². The van der Waals surface area contributed by atoms with E-state index in [1.165, 1.54) is 38.5 Å². The van der Waals surface area contributed by atoms with Crippen molar-refractivity contribution < 1.29 is 9.53 Å². The zero-order valence-electron chi connectivity index (χ0n) is 15.1. The predicted octanol–water partition coefficient (Wildman–Crippen LogP) is 1.62. The van der Waals surface area contributed by atoms with Crippen molar-refractivity contribution >= 4 is 11.9 Å². The van der Waals surface area contributed by atoms with Gasteiger partial charge in [0.15, 0.2) is 5.96 Å². The van der Waals surface area contributed by atoms with Gasteiger partial charge in [0.2, 0.25) is 5.91 Å². The summed E-state index contributed by atoms with van der Waals surface area (Å²) in [6.45, 7) is 2.36. The van der Waals surface area contributed by atoms with Crippen LogP contribution in [0.15, 0.2) is 4.99 Å². The highest BCUT2D eigenvalue weighted by Crippen LogP contribution is 2.26. The van der Waals surface area contributed by atoms with Gasteiger partial charge in [-0.1, -0.05) is 32.1 Å². The van der Waals surface area contributed by atoms with Gasteiger partial charge in [-0.25, -0.2) is 4.99 Å². The van der Waals surface area contributed by atoms with Crippen LogP contribution in [-0.2, 0) is 9.53 Å². The lowest BCUT2D eigenvalue weighted by molar-refractivity contribution is -0.127. The summed E-state index contributed by atoms with van der Waals surface area (Å²) in [7, 11) is 5.16. The van der Waals surface area contributed by atoms with Crippen LogP contribution in [0.25, 0.3) is 0 Å². The summed E-state index contributed by atoms with van der Waals surface area (Å²) in [5.41, 5.74) is 0. The lowest BCUT2D eigenvalue weighted by atomic mass is 9.86. The highest BCUT2D eigenvalue weighted by atomic mass is 16.5. The normalized spacial score (nSPS) is 16.2. The molecular formula is C17H34N4O2. The Morgan fingerprint density at radius 2 is 1.87 bits per heavy atom. The molecule has 0 bridgehead atoms. The van der Waals surface area contributed by atoms with Gasteiger partial charge >= 0.3 is 0 Å². The van der Waals surface area contributed by atoms with Crippen LogP contribution in [0.4, 0.5) is 0 Å². The minimum absolute atomic E-state index is 0.0000437. The second kappa shape index (κ2) is 12.2. The number of nitrogens with one attached hydrogen (secondary N) is 2. The van der Waals surface area contributed by atoms with E-state index in [0.717, 1.165) is 18.9 Å². The van der Waals surface area contributed by atoms with E-state index < -0.39 is 0 Å². The zero-order chi connectivity index (χ0) is 16.9. The first kappa shape index (κ1) is 19.7. The lowest BCUT2D eigenvalue weighted by Gasteiger charge is -2.21. The van der Waals surface area contributed by atoms with Crippen LogP contribution in [-0.4, -0.2) is 64.2 Å². The molecular weight excluding hydrogens is 292 g/mol. The number of guanidine groups is 1. The molecule has 1 amide bonds. The lowest BCUT2D eigenvalue weighted by Crippen LogP contribution is -2.40. The Hall–Kier alpha value is -1.30. The molecule has 0 aromatic heterocycles. The Morgan fingerprint density at radius 1 is 1.17 bits per heavy atom. The Labute approximate surface area is 141 Å². The van der Waals surface area contributed by atoms with Crippen LogP contribution in [0.3, 0.4) is 0 Å². The fourth-order valence-corrected chi connectivity index (χ4v) is 2.81. The third-order valence-electron chi connectivity index (χ3n) is 4.28. The van der Waals surface area contributed by atoms with Crippen LogP contribution in [0.1, 0.15) is 44.9 Å². The molecule has 0 unspecified atom stereocenters. The molecule has 0 aliphatic heterocycles. The molecule has 0 spiro atoms. The topological polar surface area (TPSA) is 66.0 Å². The molecule has 0 atom stereocenters. The third-order valence-corrected chi connectivity index (χ3v) is 4.28. The van der Waals surface area contributed by atoms with Gasteiger partial charge in [-0.3, -0.25) is 4.79 Å². The summed E-state index contributed by atoms with van der Waals surface area (Å²) >= 11 is 0. The first-order valence-corrected chi connectivity index (χ1v) is 8.84. The molecule has 1 rings (SSSR count). The number of hydrogen-bond donors (Lipinski definition) is 2. The van der Waals surface area contributed by atoms with E-state index in [1.54, 1.807) is 26.1 Å². The summed E-state index contributed by atoms with van der Waals surface area (Å²) < 4.78 is 5.04. The Kier molecular flexibility index (Phi) is 10.4. The molecule has 134 valence electrons. The zero-order valence-corrected chi connectivity index (χ0v) is 15.1. The molecule has 1 fully saturated rings. The minimum atomic E-state index is 0.0000437. The van der Waals surface area contributed by atoms with Gasteiger partial charge in [0.25, 0.3) is 0 Å². The number of aliphatic imine (C=N–C) groups is 1. The molecule has 0 heterocycles. The minimum Gasteiger partial charge on any atom is -0.383 e.